The maximum atomic E-state index is 12.5. The van der Waals surface area contributed by atoms with E-state index in [2.05, 4.69) is 17.2 Å². The quantitative estimate of drug-likeness (QED) is 0.325. The van der Waals surface area contributed by atoms with E-state index in [-0.39, 0.29) is 46.0 Å². The van der Waals surface area contributed by atoms with Crippen LogP contribution in [0.1, 0.15) is 26.7 Å². The van der Waals surface area contributed by atoms with Gasteiger partial charge in [-0.3, -0.25) is 9.78 Å². The number of rotatable bonds is 7. The van der Waals surface area contributed by atoms with E-state index in [4.69, 9.17) is 46.6 Å². The highest BCUT2D eigenvalue weighted by atomic mass is 35.5. The van der Waals surface area contributed by atoms with Gasteiger partial charge in [-0.25, -0.2) is 4.79 Å². The third-order valence-electron chi connectivity index (χ3n) is 5.49. The number of nitrogens with zero attached hydrogens (tertiary/aromatic N) is 1. The van der Waals surface area contributed by atoms with E-state index >= 15 is 0 Å². The second kappa shape index (κ2) is 10.7. The van der Waals surface area contributed by atoms with Crippen LogP contribution >= 0.6 is 23.2 Å². The second-order valence-corrected chi connectivity index (χ2v) is 9.05. The molecular weight excluding hydrogens is 499 g/mol. The van der Waals surface area contributed by atoms with Crippen molar-refractivity contribution in [3.63, 3.8) is 0 Å². The molecule has 3 aromatic rings. The maximum Gasteiger partial charge on any atom is 0.338 e. The number of fused-ring (bicyclic) bond motifs is 1. The highest BCUT2D eigenvalue weighted by Crippen LogP contribution is 2.41. The molecular formula is C24H24Cl2N2O7. The molecule has 1 saturated heterocycles. The van der Waals surface area contributed by atoms with E-state index in [1.807, 2.05) is 0 Å². The molecule has 1 fully saturated rings. The predicted molar refractivity (Wildman–Crippen MR) is 131 cm³/mol. The number of nitrogens with one attached hydrogen (secondary N) is 1. The summed E-state index contributed by atoms with van der Waals surface area (Å²) in [6.45, 7) is 3.54. The Bertz CT molecular complexity index is 1280. The topological polar surface area (TPSA) is 109 Å². The van der Waals surface area contributed by atoms with Gasteiger partial charge >= 0.3 is 11.6 Å². The van der Waals surface area contributed by atoms with Gasteiger partial charge in [0.15, 0.2) is 11.3 Å². The third-order valence-corrected chi connectivity index (χ3v) is 6.06. The number of anilines is 2. The minimum Gasteiger partial charge on any atom is -0.493 e. The van der Waals surface area contributed by atoms with Crippen LogP contribution in [-0.2, 0) is 14.3 Å². The Labute approximate surface area is 211 Å². The van der Waals surface area contributed by atoms with Gasteiger partial charge in [-0.1, -0.05) is 30.1 Å². The fourth-order valence-electron chi connectivity index (χ4n) is 3.95. The van der Waals surface area contributed by atoms with Crippen LogP contribution in [0, 0.1) is 5.92 Å². The number of hydrogen-bond acceptors (Lipinski definition) is 9. The van der Waals surface area contributed by atoms with E-state index in [1.54, 1.807) is 12.1 Å². The SMILES string of the molecule is COc1ccc2c(Nc3c(Cl)cncc3Cl)cc(=O)oc2c1OC1CC(C)CC(COC(C)=O)O1. The van der Waals surface area contributed by atoms with Crippen molar-refractivity contribution in [2.75, 3.05) is 19.0 Å². The first-order chi connectivity index (χ1) is 16.7. The summed E-state index contributed by atoms with van der Waals surface area (Å²) in [7, 11) is 1.48. The number of benzene rings is 1. The molecule has 0 radical (unpaired) electrons. The van der Waals surface area contributed by atoms with Crippen LogP contribution in [0.5, 0.6) is 11.5 Å². The number of pyridine rings is 1. The number of methoxy groups -OCH3 is 1. The number of carbonyl (C=O) groups excluding carboxylic acids is 1. The standard InChI is InChI=1S/C24H24Cl2N2O7/c1-12-6-14(11-32-13(2)29)33-21(7-12)35-24-19(31-3)5-4-15-18(8-20(30)34-23(15)24)28-22-16(25)9-27-10-17(22)26/h4-5,8-10,12,14,21H,6-7,11H2,1-3H3,(H,27,28). The molecule has 0 bridgehead atoms. The summed E-state index contributed by atoms with van der Waals surface area (Å²) in [6.07, 6.45) is 3.18. The molecule has 35 heavy (non-hydrogen) atoms. The monoisotopic (exact) mass is 522 g/mol. The molecule has 1 aliphatic rings. The molecule has 1 N–H and O–H groups in total. The zero-order valence-electron chi connectivity index (χ0n) is 19.3. The van der Waals surface area contributed by atoms with E-state index in [9.17, 15) is 9.59 Å². The van der Waals surface area contributed by atoms with Crippen molar-refractivity contribution in [3.8, 4) is 11.5 Å². The summed E-state index contributed by atoms with van der Waals surface area (Å²) in [5.41, 5.74) is 0.347. The molecule has 0 amide bonds. The van der Waals surface area contributed by atoms with Crippen molar-refractivity contribution in [1.29, 1.82) is 0 Å². The minimum atomic E-state index is -0.676. The molecule has 3 unspecified atom stereocenters. The van der Waals surface area contributed by atoms with Gasteiger partial charge in [0.05, 0.1) is 34.6 Å². The number of hydrogen-bond donors (Lipinski definition) is 1. The van der Waals surface area contributed by atoms with Crippen LogP contribution < -0.4 is 20.4 Å². The minimum absolute atomic E-state index is 0.128. The molecule has 186 valence electrons. The summed E-state index contributed by atoms with van der Waals surface area (Å²) in [5, 5.41) is 4.20. The average molecular weight is 523 g/mol. The van der Waals surface area contributed by atoms with Gasteiger partial charge in [0.2, 0.25) is 12.0 Å². The summed E-state index contributed by atoms with van der Waals surface area (Å²) >= 11 is 12.5. The van der Waals surface area contributed by atoms with Gasteiger partial charge in [0, 0.05) is 37.2 Å². The normalized spacial score (nSPS) is 19.9. The third kappa shape index (κ3) is 5.80. The summed E-state index contributed by atoms with van der Waals surface area (Å²) in [4.78, 5) is 27.7. The zero-order valence-corrected chi connectivity index (χ0v) is 20.8. The Kier molecular flexibility index (Phi) is 7.69. The molecule has 2 aromatic heterocycles. The van der Waals surface area contributed by atoms with Crippen molar-refractivity contribution in [2.24, 2.45) is 5.92 Å². The summed E-state index contributed by atoms with van der Waals surface area (Å²) in [5.74, 6) is 0.436. The molecule has 0 saturated carbocycles. The summed E-state index contributed by atoms with van der Waals surface area (Å²) in [6, 6.07) is 4.71. The van der Waals surface area contributed by atoms with Gasteiger partial charge in [0.25, 0.3) is 0 Å². The van der Waals surface area contributed by atoms with E-state index in [1.165, 1.54) is 32.5 Å². The van der Waals surface area contributed by atoms with Gasteiger partial charge in [-0.05, 0) is 24.5 Å². The molecule has 9 nitrogen and oxygen atoms in total. The van der Waals surface area contributed by atoms with Crippen LogP contribution in [0.3, 0.4) is 0 Å². The van der Waals surface area contributed by atoms with Crippen LogP contribution in [0.4, 0.5) is 11.4 Å². The molecule has 0 spiro atoms. The van der Waals surface area contributed by atoms with Crippen molar-refractivity contribution in [1.82, 2.24) is 4.98 Å². The number of esters is 1. The molecule has 3 atom stereocenters. The Balaban J connectivity index is 1.71. The lowest BCUT2D eigenvalue weighted by Crippen LogP contribution is -2.38. The van der Waals surface area contributed by atoms with Crippen LogP contribution in [-0.4, -0.2) is 37.1 Å². The zero-order chi connectivity index (χ0) is 25.1. The van der Waals surface area contributed by atoms with E-state index < -0.39 is 11.9 Å². The van der Waals surface area contributed by atoms with Crippen molar-refractivity contribution in [3.05, 3.63) is 51.1 Å². The maximum absolute atomic E-state index is 12.5. The number of halogens is 2. The number of aromatic nitrogens is 1. The van der Waals surface area contributed by atoms with Crippen molar-refractivity contribution in [2.45, 2.75) is 39.1 Å². The Morgan fingerprint density at radius 2 is 1.97 bits per heavy atom. The van der Waals surface area contributed by atoms with Gasteiger partial charge in [-0.15, -0.1) is 0 Å². The Hall–Kier alpha value is -3.01. The second-order valence-electron chi connectivity index (χ2n) is 8.24. The molecule has 11 heteroatoms. The predicted octanol–water partition coefficient (Wildman–Crippen LogP) is 5.33. The fraction of sp³-hybridized carbons (Fsp3) is 0.375. The lowest BCUT2D eigenvalue weighted by Gasteiger charge is -2.33. The van der Waals surface area contributed by atoms with Gasteiger partial charge < -0.3 is 28.7 Å². The van der Waals surface area contributed by atoms with E-state index in [0.717, 1.165) is 6.42 Å². The van der Waals surface area contributed by atoms with Crippen LogP contribution in [0.25, 0.3) is 11.0 Å². The first kappa shape index (κ1) is 25.1. The molecule has 4 rings (SSSR count). The molecule has 3 heterocycles. The average Bonchev–Trinajstić information content (AvgIpc) is 2.80. The Morgan fingerprint density at radius 1 is 1.23 bits per heavy atom. The van der Waals surface area contributed by atoms with Crippen molar-refractivity contribution >= 4 is 51.5 Å². The number of carbonyl (C=O) groups is 1. The molecule has 1 aliphatic heterocycles. The van der Waals surface area contributed by atoms with Crippen LogP contribution in [0.15, 0.2) is 39.8 Å². The lowest BCUT2D eigenvalue weighted by atomic mass is 9.97. The smallest absolute Gasteiger partial charge is 0.338 e. The summed E-state index contributed by atoms with van der Waals surface area (Å²) < 4.78 is 28.3. The van der Waals surface area contributed by atoms with Gasteiger partial charge in [-0.2, -0.15) is 0 Å². The van der Waals surface area contributed by atoms with Crippen LogP contribution in [0.2, 0.25) is 10.0 Å². The molecule has 0 aliphatic carbocycles. The Morgan fingerprint density at radius 3 is 2.66 bits per heavy atom. The first-order valence-corrected chi connectivity index (χ1v) is 11.7. The first-order valence-electron chi connectivity index (χ1n) is 10.9. The lowest BCUT2D eigenvalue weighted by molar-refractivity contribution is -0.181. The highest BCUT2D eigenvalue weighted by Gasteiger charge is 2.31. The number of ether oxygens (including phenoxy) is 4. The fourth-order valence-corrected chi connectivity index (χ4v) is 4.41. The molecule has 1 aromatic carbocycles. The van der Waals surface area contributed by atoms with Crippen molar-refractivity contribution < 1.29 is 28.2 Å². The van der Waals surface area contributed by atoms with E-state index in [0.29, 0.717) is 28.9 Å². The highest BCUT2D eigenvalue weighted by molar-refractivity contribution is 6.39. The van der Waals surface area contributed by atoms with Gasteiger partial charge in [0.1, 0.15) is 6.61 Å². The largest absolute Gasteiger partial charge is 0.493 e.